The first kappa shape index (κ1) is 15.9. The number of amides is 1. The number of carboxylic acids is 1. The van der Waals surface area contributed by atoms with E-state index in [0.717, 1.165) is 12.5 Å². The molecular weight excluding hydrogens is 265 g/mol. The number of carboxylic acid groups (broad SMARTS) is 1. The molecule has 20 heavy (non-hydrogen) atoms. The van der Waals surface area contributed by atoms with E-state index in [9.17, 15) is 14.0 Å². The molecule has 110 valence electrons. The minimum Gasteiger partial charge on any atom is -0.484 e. The molecule has 0 saturated heterocycles. The fraction of sp³-hybridized carbons (Fsp3) is 0.429. The number of hydrogen-bond donors (Lipinski definition) is 2. The maximum Gasteiger partial charge on any atom is 0.326 e. The van der Waals surface area contributed by atoms with Crippen LogP contribution in [0.1, 0.15) is 26.2 Å². The summed E-state index contributed by atoms with van der Waals surface area (Å²) in [5, 5.41) is 11.3. The number of aliphatic carboxylic acids is 1. The smallest absolute Gasteiger partial charge is 0.326 e. The summed E-state index contributed by atoms with van der Waals surface area (Å²) in [7, 11) is 0. The molecule has 0 fully saturated rings. The first-order valence-corrected chi connectivity index (χ1v) is 6.43. The molecule has 1 rings (SSSR count). The fourth-order valence-corrected chi connectivity index (χ4v) is 1.61. The number of carbonyl (C=O) groups excluding carboxylic acids is 1. The molecule has 0 aliphatic carbocycles. The van der Waals surface area contributed by atoms with Crippen molar-refractivity contribution in [1.82, 2.24) is 5.32 Å². The highest BCUT2D eigenvalue weighted by Gasteiger charge is 2.19. The van der Waals surface area contributed by atoms with Crippen molar-refractivity contribution < 1.29 is 23.8 Å². The summed E-state index contributed by atoms with van der Waals surface area (Å²) in [4.78, 5) is 22.5. The predicted molar refractivity (Wildman–Crippen MR) is 71.0 cm³/mol. The standard InChI is InChI=1S/C14H18FNO4/c1-2-3-7-12(14(18)19)16-13(17)9-20-11-6-4-5-10(15)8-11/h4-6,8,12H,2-3,7,9H2,1H3,(H,16,17)(H,18,19)/t12-/m0/s1. The monoisotopic (exact) mass is 283 g/mol. The van der Waals surface area contributed by atoms with E-state index in [-0.39, 0.29) is 12.4 Å². The van der Waals surface area contributed by atoms with Crippen molar-refractivity contribution in [3.05, 3.63) is 30.1 Å². The second-order valence-corrected chi connectivity index (χ2v) is 4.35. The Bertz CT molecular complexity index is 464. The van der Waals surface area contributed by atoms with Gasteiger partial charge in [0.1, 0.15) is 17.6 Å². The Balaban J connectivity index is 2.43. The van der Waals surface area contributed by atoms with Gasteiger partial charge in [-0.3, -0.25) is 4.79 Å². The molecule has 0 aromatic heterocycles. The van der Waals surface area contributed by atoms with Gasteiger partial charge in [-0.1, -0.05) is 25.8 Å². The predicted octanol–water partition coefficient (Wildman–Crippen LogP) is 1.96. The van der Waals surface area contributed by atoms with E-state index in [0.29, 0.717) is 12.8 Å². The van der Waals surface area contributed by atoms with E-state index in [1.165, 1.54) is 18.2 Å². The highest BCUT2D eigenvalue weighted by atomic mass is 19.1. The maximum atomic E-state index is 12.9. The van der Waals surface area contributed by atoms with Gasteiger partial charge >= 0.3 is 5.97 Å². The number of carbonyl (C=O) groups is 2. The summed E-state index contributed by atoms with van der Waals surface area (Å²) in [5.41, 5.74) is 0. The van der Waals surface area contributed by atoms with Crippen molar-refractivity contribution >= 4 is 11.9 Å². The van der Waals surface area contributed by atoms with Crippen LogP contribution in [0.4, 0.5) is 4.39 Å². The highest BCUT2D eigenvalue weighted by Crippen LogP contribution is 2.11. The van der Waals surface area contributed by atoms with Crippen molar-refractivity contribution in [2.45, 2.75) is 32.2 Å². The molecular formula is C14H18FNO4. The van der Waals surface area contributed by atoms with Crippen LogP contribution < -0.4 is 10.1 Å². The van der Waals surface area contributed by atoms with E-state index in [1.807, 2.05) is 6.92 Å². The quantitative estimate of drug-likeness (QED) is 0.764. The number of ether oxygens (including phenoxy) is 1. The van der Waals surface area contributed by atoms with E-state index < -0.39 is 23.7 Å². The SMILES string of the molecule is CCCC[C@H](NC(=O)COc1cccc(F)c1)C(=O)O. The number of benzene rings is 1. The first-order chi connectivity index (χ1) is 9.52. The van der Waals surface area contributed by atoms with Crippen molar-refractivity contribution in [3.63, 3.8) is 0 Å². The highest BCUT2D eigenvalue weighted by molar-refractivity contribution is 5.84. The summed E-state index contributed by atoms with van der Waals surface area (Å²) in [6, 6.07) is 4.47. The molecule has 1 aromatic carbocycles. The third kappa shape index (κ3) is 5.69. The van der Waals surface area contributed by atoms with Gasteiger partial charge in [-0.15, -0.1) is 0 Å². The van der Waals surface area contributed by atoms with E-state index >= 15 is 0 Å². The molecule has 0 unspecified atom stereocenters. The Morgan fingerprint density at radius 2 is 2.20 bits per heavy atom. The van der Waals surface area contributed by atoms with E-state index in [1.54, 1.807) is 0 Å². The lowest BCUT2D eigenvalue weighted by molar-refractivity contribution is -0.142. The summed E-state index contributed by atoms with van der Waals surface area (Å²) in [5.74, 6) is -1.86. The summed E-state index contributed by atoms with van der Waals surface area (Å²) in [6.45, 7) is 1.59. The second-order valence-electron chi connectivity index (χ2n) is 4.35. The molecule has 6 heteroatoms. The number of hydrogen-bond acceptors (Lipinski definition) is 3. The Hall–Kier alpha value is -2.11. The van der Waals surface area contributed by atoms with E-state index in [2.05, 4.69) is 5.32 Å². The number of halogens is 1. The molecule has 2 N–H and O–H groups in total. The van der Waals surface area contributed by atoms with Gasteiger partial charge in [0, 0.05) is 6.07 Å². The largest absolute Gasteiger partial charge is 0.484 e. The lowest BCUT2D eigenvalue weighted by Crippen LogP contribution is -2.42. The third-order valence-electron chi connectivity index (χ3n) is 2.65. The molecule has 1 aromatic rings. The molecule has 0 aliphatic heterocycles. The molecule has 0 spiro atoms. The van der Waals surface area contributed by atoms with Crippen LogP contribution in [0.5, 0.6) is 5.75 Å². The minimum atomic E-state index is -1.07. The van der Waals surface area contributed by atoms with Crippen molar-refractivity contribution in [2.75, 3.05) is 6.61 Å². The number of unbranched alkanes of at least 4 members (excludes halogenated alkanes) is 1. The Kier molecular flexibility index (Phi) is 6.49. The van der Waals surface area contributed by atoms with Crippen LogP contribution in [0.15, 0.2) is 24.3 Å². The van der Waals surface area contributed by atoms with Gasteiger partial charge in [0.25, 0.3) is 5.91 Å². The van der Waals surface area contributed by atoms with Crippen molar-refractivity contribution in [1.29, 1.82) is 0 Å². The number of rotatable bonds is 8. The normalized spacial score (nSPS) is 11.7. The summed E-state index contributed by atoms with van der Waals surface area (Å²) in [6.07, 6.45) is 1.93. The molecule has 5 nitrogen and oxygen atoms in total. The molecule has 0 aliphatic rings. The molecule has 1 atom stereocenters. The molecule has 1 amide bonds. The Morgan fingerprint density at radius 3 is 2.80 bits per heavy atom. The van der Waals surface area contributed by atoms with Gasteiger partial charge in [-0.05, 0) is 18.6 Å². The lowest BCUT2D eigenvalue weighted by Gasteiger charge is -2.14. The van der Waals surface area contributed by atoms with Gasteiger partial charge in [0.05, 0.1) is 0 Å². The Labute approximate surface area is 116 Å². The van der Waals surface area contributed by atoms with E-state index in [4.69, 9.17) is 9.84 Å². The Morgan fingerprint density at radius 1 is 1.45 bits per heavy atom. The summed E-state index contributed by atoms with van der Waals surface area (Å²) < 4.78 is 18.0. The molecule has 0 heterocycles. The van der Waals surface area contributed by atoms with Gasteiger partial charge in [-0.2, -0.15) is 0 Å². The van der Waals surface area contributed by atoms with Crippen LogP contribution >= 0.6 is 0 Å². The lowest BCUT2D eigenvalue weighted by atomic mass is 10.1. The van der Waals surface area contributed by atoms with Gasteiger partial charge in [0.15, 0.2) is 6.61 Å². The zero-order chi connectivity index (χ0) is 15.0. The number of nitrogens with one attached hydrogen (secondary N) is 1. The van der Waals surface area contributed by atoms with Gasteiger partial charge in [-0.25, -0.2) is 9.18 Å². The van der Waals surface area contributed by atoms with Crippen LogP contribution in [-0.4, -0.2) is 29.6 Å². The zero-order valence-electron chi connectivity index (χ0n) is 11.3. The third-order valence-corrected chi connectivity index (χ3v) is 2.65. The fourth-order valence-electron chi connectivity index (χ4n) is 1.61. The zero-order valence-corrected chi connectivity index (χ0v) is 11.3. The minimum absolute atomic E-state index is 0.223. The van der Waals surface area contributed by atoms with Crippen LogP contribution in [0.25, 0.3) is 0 Å². The first-order valence-electron chi connectivity index (χ1n) is 6.43. The van der Waals surface area contributed by atoms with Crippen LogP contribution in [0.2, 0.25) is 0 Å². The summed E-state index contributed by atoms with van der Waals surface area (Å²) >= 11 is 0. The van der Waals surface area contributed by atoms with Crippen molar-refractivity contribution in [2.24, 2.45) is 0 Å². The van der Waals surface area contributed by atoms with Crippen molar-refractivity contribution in [3.8, 4) is 5.75 Å². The van der Waals surface area contributed by atoms with Crippen LogP contribution in [0, 0.1) is 5.82 Å². The second kappa shape index (κ2) is 8.14. The molecule has 0 bridgehead atoms. The van der Waals surface area contributed by atoms with Gasteiger partial charge in [0.2, 0.25) is 0 Å². The molecule has 0 radical (unpaired) electrons. The average molecular weight is 283 g/mol. The van der Waals surface area contributed by atoms with Gasteiger partial charge < -0.3 is 15.2 Å². The average Bonchev–Trinajstić information content (AvgIpc) is 2.41. The topological polar surface area (TPSA) is 75.6 Å². The van der Waals surface area contributed by atoms with Crippen LogP contribution in [0.3, 0.4) is 0 Å². The maximum absolute atomic E-state index is 12.9. The van der Waals surface area contributed by atoms with Crippen LogP contribution in [-0.2, 0) is 9.59 Å². The molecule has 0 saturated carbocycles.